The van der Waals surface area contributed by atoms with Crippen LogP contribution in [0.1, 0.15) is 34.7 Å². The van der Waals surface area contributed by atoms with Crippen LogP contribution in [0.15, 0.2) is 85.0 Å². The molecule has 0 nitrogen and oxygen atoms in total. The zero-order valence-corrected chi connectivity index (χ0v) is 15.1. The molecule has 0 aliphatic rings. The normalized spacial score (nSPS) is 12.7. The highest BCUT2D eigenvalue weighted by molar-refractivity contribution is 5.86. The minimum Gasteiger partial charge on any atom is -0.0991 e. The van der Waals surface area contributed by atoms with Gasteiger partial charge in [0.05, 0.1) is 0 Å². The summed E-state index contributed by atoms with van der Waals surface area (Å²) in [6.07, 6.45) is 10.2. The van der Waals surface area contributed by atoms with Gasteiger partial charge in [0.1, 0.15) is 0 Å². The van der Waals surface area contributed by atoms with Crippen molar-refractivity contribution in [2.75, 3.05) is 0 Å². The molecular weight excluding hydrogens is 288 g/mol. The molecule has 0 aromatic heterocycles. The van der Waals surface area contributed by atoms with Crippen molar-refractivity contribution in [3.05, 3.63) is 113 Å². The predicted molar refractivity (Wildman–Crippen MR) is 107 cm³/mol. The maximum absolute atomic E-state index is 3.80. The molecule has 0 fully saturated rings. The van der Waals surface area contributed by atoms with E-state index < -0.39 is 0 Å². The van der Waals surface area contributed by atoms with E-state index in [1.807, 2.05) is 12.2 Å². The van der Waals surface area contributed by atoms with E-state index in [4.69, 9.17) is 0 Å². The fourth-order valence-electron chi connectivity index (χ4n) is 2.87. The average Bonchev–Trinajstić information content (AvgIpc) is 2.56. The van der Waals surface area contributed by atoms with Gasteiger partial charge in [-0.05, 0) is 55.5 Å². The molecule has 2 aromatic carbocycles. The largest absolute Gasteiger partial charge is 0.0991 e. The molecule has 0 heterocycles. The molecule has 2 rings (SSSR count). The standard InChI is InChI=1S/C24H26/c1-6-8-10-21(9-7-2)24(22-14-11-18(3)12-15-22)23-16-13-19(4)17-20(23)5/h6-17H,1H2,2-5H3. The Morgan fingerprint density at radius 1 is 0.875 bits per heavy atom. The van der Waals surface area contributed by atoms with Gasteiger partial charge in [-0.25, -0.2) is 0 Å². The molecule has 0 N–H and O–H groups in total. The van der Waals surface area contributed by atoms with E-state index in [9.17, 15) is 0 Å². The first-order valence-electron chi connectivity index (χ1n) is 8.37. The third kappa shape index (κ3) is 4.23. The maximum atomic E-state index is 3.80. The summed E-state index contributed by atoms with van der Waals surface area (Å²) in [6, 6.07) is 15.4. The number of benzene rings is 2. The maximum Gasteiger partial charge on any atom is -0.00363 e. The van der Waals surface area contributed by atoms with Crippen LogP contribution < -0.4 is 0 Å². The Labute approximate surface area is 146 Å². The van der Waals surface area contributed by atoms with E-state index in [1.54, 1.807) is 0 Å². The van der Waals surface area contributed by atoms with Gasteiger partial charge in [-0.2, -0.15) is 0 Å². The molecule has 0 spiro atoms. The lowest BCUT2D eigenvalue weighted by Gasteiger charge is -2.15. The molecule has 0 saturated heterocycles. The topological polar surface area (TPSA) is 0 Å². The molecular formula is C24H26. The van der Waals surface area contributed by atoms with Crippen molar-refractivity contribution in [1.29, 1.82) is 0 Å². The molecule has 24 heavy (non-hydrogen) atoms. The van der Waals surface area contributed by atoms with E-state index in [0.717, 1.165) is 0 Å². The quantitative estimate of drug-likeness (QED) is 0.537. The molecule has 122 valence electrons. The molecule has 0 aliphatic heterocycles. The zero-order valence-electron chi connectivity index (χ0n) is 15.1. The number of hydrogen-bond acceptors (Lipinski definition) is 0. The lowest BCUT2D eigenvalue weighted by Crippen LogP contribution is -1.96. The van der Waals surface area contributed by atoms with Crippen LogP contribution in [-0.2, 0) is 0 Å². The summed E-state index contributed by atoms with van der Waals surface area (Å²) in [5.74, 6) is 0. The SMILES string of the molecule is C=CC=CC(C=CC)=C(c1ccc(C)cc1)c1ccc(C)cc1C. The Kier molecular flexibility index (Phi) is 6.14. The first-order chi connectivity index (χ1) is 11.6. The summed E-state index contributed by atoms with van der Waals surface area (Å²) in [5, 5.41) is 0. The van der Waals surface area contributed by atoms with Crippen molar-refractivity contribution in [3.8, 4) is 0 Å². The molecule has 0 atom stereocenters. The van der Waals surface area contributed by atoms with Gasteiger partial charge in [-0.15, -0.1) is 0 Å². The van der Waals surface area contributed by atoms with Crippen LogP contribution in [0.5, 0.6) is 0 Å². The van der Waals surface area contributed by atoms with E-state index >= 15 is 0 Å². The van der Waals surface area contributed by atoms with Crippen LogP contribution in [0.4, 0.5) is 0 Å². The van der Waals surface area contributed by atoms with E-state index in [-0.39, 0.29) is 0 Å². The van der Waals surface area contributed by atoms with Crippen LogP contribution in [-0.4, -0.2) is 0 Å². The van der Waals surface area contributed by atoms with Crippen molar-refractivity contribution in [3.63, 3.8) is 0 Å². The van der Waals surface area contributed by atoms with Gasteiger partial charge in [0.2, 0.25) is 0 Å². The number of allylic oxidation sites excluding steroid dienone is 6. The Hall–Kier alpha value is -2.60. The monoisotopic (exact) mass is 314 g/mol. The van der Waals surface area contributed by atoms with Crippen LogP contribution in [0.2, 0.25) is 0 Å². The molecule has 0 aliphatic carbocycles. The van der Waals surface area contributed by atoms with Crippen molar-refractivity contribution < 1.29 is 0 Å². The average molecular weight is 314 g/mol. The second-order valence-electron chi connectivity index (χ2n) is 6.11. The molecule has 0 radical (unpaired) electrons. The Morgan fingerprint density at radius 3 is 2.12 bits per heavy atom. The fourth-order valence-corrected chi connectivity index (χ4v) is 2.87. The van der Waals surface area contributed by atoms with Gasteiger partial charge in [-0.1, -0.05) is 90.6 Å². The summed E-state index contributed by atoms with van der Waals surface area (Å²) in [5.41, 5.74) is 8.79. The molecule has 0 heteroatoms. The van der Waals surface area contributed by atoms with Gasteiger partial charge in [0.15, 0.2) is 0 Å². The lowest BCUT2D eigenvalue weighted by molar-refractivity contribution is 1.34. The van der Waals surface area contributed by atoms with Gasteiger partial charge in [0, 0.05) is 0 Å². The highest BCUT2D eigenvalue weighted by Crippen LogP contribution is 2.31. The van der Waals surface area contributed by atoms with Crippen LogP contribution in [0.3, 0.4) is 0 Å². The van der Waals surface area contributed by atoms with Gasteiger partial charge < -0.3 is 0 Å². The Bertz CT molecular complexity index is 796. The minimum atomic E-state index is 1.19. The van der Waals surface area contributed by atoms with Gasteiger partial charge >= 0.3 is 0 Å². The van der Waals surface area contributed by atoms with E-state index in [2.05, 4.69) is 95.0 Å². The van der Waals surface area contributed by atoms with Crippen LogP contribution in [0, 0.1) is 20.8 Å². The summed E-state index contributed by atoms with van der Waals surface area (Å²) >= 11 is 0. The summed E-state index contributed by atoms with van der Waals surface area (Å²) in [6.45, 7) is 12.3. The molecule has 0 bridgehead atoms. The first kappa shape index (κ1) is 17.7. The highest BCUT2D eigenvalue weighted by Gasteiger charge is 2.11. The fraction of sp³-hybridized carbons (Fsp3) is 0.167. The number of hydrogen-bond donors (Lipinski definition) is 0. The van der Waals surface area contributed by atoms with Crippen LogP contribution in [0.25, 0.3) is 5.57 Å². The van der Waals surface area contributed by atoms with Crippen molar-refractivity contribution >= 4 is 5.57 Å². The second kappa shape index (κ2) is 8.31. The summed E-state index contributed by atoms with van der Waals surface area (Å²) in [7, 11) is 0. The third-order valence-corrected chi connectivity index (χ3v) is 4.04. The van der Waals surface area contributed by atoms with Gasteiger partial charge in [-0.3, -0.25) is 0 Å². The summed E-state index contributed by atoms with van der Waals surface area (Å²) in [4.78, 5) is 0. The van der Waals surface area contributed by atoms with Crippen molar-refractivity contribution in [1.82, 2.24) is 0 Å². The van der Waals surface area contributed by atoms with Crippen LogP contribution >= 0.6 is 0 Å². The number of aryl methyl sites for hydroxylation is 3. The molecule has 0 amide bonds. The number of rotatable bonds is 5. The minimum absolute atomic E-state index is 1.19. The smallest absolute Gasteiger partial charge is 0.00363 e. The van der Waals surface area contributed by atoms with Gasteiger partial charge in [0.25, 0.3) is 0 Å². The third-order valence-electron chi connectivity index (χ3n) is 4.04. The Morgan fingerprint density at radius 2 is 1.54 bits per heavy atom. The lowest BCUT2D eigenvalue weighted by atomic mass is 9.89. The second-order valence-corrected chi connectivity index (χ2v) is 6.11. The molecule has 0 saturated carbocycles. The first-order valence-corrected chi connectivity index (χ1v) is 8.37. The van der Waals surface area contributed by atoms with Crippen molar-refractivity contribution in [2.24, 2.45) is 0 Å². The highest BCUT2D eigenvalue weighted by atomic mass is 14.2. The van der Waals surface area contributed by atoms with E-state index in [1.165, 1.54) is 39.0 Å². The van der Waals surface area contributed by atoms with E-state index in [0.29, 0.717) is 0 Å². The zero-order chi connectivity index (χ0) is 17.5. The Balaban J connectivity index is 2.79. The molecule has 2 aromatic rings. The predicted octanol–water partition coefficient (Wildman–Crippen LogP) is 6.73. The molecule has 0 unspecified atom stereocenters. The summed E-state index contributed by atoms with van der Waals surface area (Å²) < 4.78 is 0. The van der Waals surface area contributed by atoms with Crippen molar-refractivity contribution in [2.45, 2.75) is 27.7 Å².